The fraction of sp³-hybridized carbons (Fsp3) is 1.00. The molecule has 1 heterocycles. The molecule has 1 aliphatic rings. The van der Waals surface area contributed by atoms with Crippen LogP contribution < -0.4 is 0 Å². The Balaban J connectivity index is 4.18. The van der Waals surface area contributed by atoms with E-state index in [1.807, 2.05) is 0 Å². The molecular formula is C11H4F18O. The SMILES string of the molecule is FC(F)(F)C(F)(F)C1(F)OCCC1(C(F)(F)F)C(F)(F)C(F)(C(F)(F)F)C(F)(F)F. The molecule has 0 spiro atoms. The van der Waals surface area contributed by atoms with Crippen molar-refractivity contribution in [1.29, 1.82) is 0 Å². The lowest BCUT2D eigenvalue weighted by Gasteiger charge is -2.50. The van der Waals surface area contributed by atoms with E-state index in [-0.39, 0.29) is 0 Å². The Hall–Kier alpha value is -1.30. The van der Waals surface area contributed by atoms with E-state index in [0.717, 1.165) is 0 Å². The molecule has 0 aromatic heterocycles. The summed E-state index contributed by atoms with van der Waals surface area (Å²) in [5.74, 6) is -23.5. The number of rotatable bonds is 3. The lowest BCUT2D eigenvalue weighted by Crippen LogP contribution is -2.79. The quantitative estimate of drug-likeness (QED) is 0.420. The van der Waals surface area contributed by atoms with Gasteiger partial charge in [-0.1, -0.05) is 0 Å². The van der Waals surface area contributed by atoms with Crippen LogP contribution in [0.1, 0.15) is 6.42 Å². The molecule has 19 heteroatoms. The molecule has 0 N–H and O–H groups in total. The van der Waals surface area contributed by atoms with Crippen molar-refractivity contribution in [2.75, 3.05) is 6.61 Å². The van der Waals surface area contributed by atoms with Crippen LogP contribution in [0.5, 0.6) is 0 Å². The van der Waals surface area contributed by atoms with Crippen molar-refractivity contribution in [3.05, 3.63) is 0 Å². The van der Waals surface area contributed by atoms with E-state index in [9.17, 15) is 79.0 Å². The van der Waals surface area contributed by atoms with Crippen molar-refractivity contribution in [2.45, 2.75) is 54.5 Å². The average Bonchev–Trinajstić information content (AvgIpc) is 2.83. The summed E-state index contributed by atoms with van der Waals surface area (Å²) in [7, 11) is 0. The van der Waals surface area contributed by atoms with Crippen molar-refractivity contribution in [3.8, 4) is 0 Å². The van der Waals surface area contributed by atoms with Crippen molar-refractivity contribution in [3.63, 3.8) is 0 Å². The lowest BCUT2D eigenvalue weighted by molar-refractivity contribution is -0.487. The molecule has 30 heavy (non-hydrogen) atoms. The highest BCUT2D eigenvalue weighted by Gasteiger charge is 3.00. The van der Waals surface area contributed by atoms with E-state index in [1.165, 1.54) is 0 Å². The zero-order chi connectivity index (χ0) is 24.6. The van der Waals surface area contributed by atoms with Gasteiger partial charge in [-0.2, -0.15) is 61.5 Å². The van der Waals surface area contributed by atoms with E-state index in [4.69, 9.17) is 0 Å². The second kappa shape index (κ2) is 6.36. The Labute approximate surface area is 151 Å². The highest BCUT2D eigenvalue weighted by Crippen LogP contribution is 2.73. The van der Waals surface area contributed by atoms with Crippen LogP contribution in [-0.4, -0.2) is 54.7 Å². The van der Waals surface area contributed by atoms with Gasteiger partial charge in [-0.15, -0.1) is 0 Å². The molecule has 0 bridgehead atoms. The Morgan fingerprint density at radius 3 is 1.17 bits per heavy atom. The van der Waals surface area contributed by atoms with Gasteiger partial charge in [0.05, 0.1) is 6.61 Å². The molecule has 2 atom stereocenters. The number of halogens is 18. The minimum atomic E-state index is -8.42. The maximum Gasteiger partial charge on any atom is 0.459 e. The molecule has 0 saturated carbocycles. The van der Waals surface area contributed by atoms with Gasteiger partial charge in [0.15, 0.2) is 0 Å². The first-order valence-corrected chi connectivity index (χ1v) is 6.75. The first-order valence-electron chi connectivity index (χ1n) is 6.75. The van der Waals surface area contributed by atoms with Crippen LogP contribution in [0.2, 0.25) is 0 Å². The summed E-state index contributed by atoms with van der Waals surface area (Å²) in [6.45, 7) is -2.61. The molecule has 0 aliphatic carbocycles. The van der Waals surface area contributed by atoms with Crippen LogP contribution in [0.25, 0.3) is 0 Å². The third kappa shape index (κ3) is 2.85. The Morgan fingerprint density at radius 2 is 0.900 bits per heavy atom. The molecule has 1 nitrogen and oxygen atoms in total. The number of hydrogen-bond acceptors (Lipinski definition) is 1. The number of alkyl halides is 18. The van der Waals surface area contributed by atoms with Crippen LogP contribution >= 0.6 is 0 Å². The van der Waals surface area contributed by atoms with Crippen molar-refractivity contribution < 1.29 is 83.8 Å². The van der Waals surface area contributed by atoms with Crippen LogP contribution in [0.15, 0.2) is 0 Å². The average molecular weight is 494 g/mol. The highest BCUT2D eigenvalue weighted by molar-refractivity contribution is 5.23. The van der Waals surface area contributed by atoms with Gasteiger partial charge in [0.2, 0.25) is 5.41 Å². The number of hydrogen-bond donors (Lipinski definition) is 0. The van der Waals surface area contributed by atoms with E-state index >= 15 is 0 Å². The summed E-state index contributed by atoms with van der Waals surface area (Å²) < 4.78 is 238. The maximum absolute atomic E-state index is 14.4. The molecule has 0 aromatic rings. The van der Waals surface area contributed by atoms with Crippen LogP contribution in [0.3, 0.4) is 0 Å². The Bertz CT molecular complexity index is 637. The molecule has 1 rings (SSSR count). The summed E-state index contributed by atoms with van der Waals surface area (Å²) in [4.78, 5) is 0. The van der Waals surface area contributed by atoms with Gasteiger partial charge in [0.25, 0.3) is 0 Å². The largest absolute Gasteiger partial charge is 0.459 e. The first-order chi connectivity index (χ1) is 12.7. The van der Waals surface area contributed by atoms with Gasteiger partial charge < -0.3 is 4.74 Å². The minimum absolute atomic E-state index is 2.61. The number of ether oxygens (including phenoxy) is 1. The van der Waals surface area contributed by atoms with E-state index in [2.05, 4.69) is 4.74 Å². The fourth-order valence-corrected chi connectivity index (χ4v) is 2.84. The van der Waals surface area contributed by atoms with Crippen LogP contribution in [0.4, 0.5) is 79.0 Å². The van der Waals surface area contributed by atoms with Gasteiger partial charge in [0.1, 0.15) is 0 Å². The van der Waals surface area contributed by atoms with E-state index < -0.39 is 66.5 Å². The molecule has 1 aliphatic heterocycles. The smallest absolute Gasteiger partial charge is 0.340 e. The van der Waals surface area contributed by atoms with Gasteiger partial charge in [-0.25, -0.2) is 17.6 Å². The van der Waals surface area contributed by atoms with Gasteiger partial charge >= 0.3 is 48.1 Å². The Kier molecular flexibility index (Phi) is 5.67. The molecule has 1 saturated heterocycles. The molecular weight excluding hydrogens is 490 g/mol. The van der Waals surface area contributed by atoms with Crippen molar-refractivity contribution in [1.82, 2.24) is 0 Å². The van der Waals surface area contributed by atoms with Crippen LogP contribution in [0, 0.1) is 5.41 Å². The third-order valence-corrected chi connectivity index (χ3v) is 4.32. The van der Waals surface area contributed by atoms with Gasteiger partial charge in [-0.3, -0.25) is 0 Å². The zero-order valence-electron chi connectivity index (χ0n) is 13.1. The summed E-state index contributed by atoms with van der Waals surface area (Å²) >= 11 is 0. The zero-order valence-corrected chi connectivity index (χ0v) is 13.1. The van der Waals surface area contributed by atoms with Crippen molar-refractivity contribution >= 4 is 0 Å². The molecule has 0 amide bonds. The molecule has 1 fully saturated rings. The molecule has 0 radical (unpaired) electrons. The third-order valence-electron chi connectivity index (χ3n) is 4.32. The van der Waals surface area contributed by atoms with E-state index in [0.29, 0.717) is 0 Å². The molecule has 180 valence electrons. The summed E-state index contributed by atoms with van der Waals surface area (Å²) in [6, 6.07) is 0. The van der Waals surface area contributed by atoms with Crippen molar-refractivity contribution in [2.24, 2.45) is 5.41 Å². The fourth-order valence-electron chi connectivity index (χ4n) is 2.84. The predicted molar refractivity (Wildman–Crippen MR) is 54.8 cm³/mol. The second-order valence-electron chi connectivity index (χ2n) is 5.90. The van der Waals surface area contributed by atoms with Crippen LogP contribution in [-0.2, 0) is 4.74 Å². The summed E-state index contributed by atoms with van der Waals surface area (Å²) in [5.41, 5.74) is -15.7. The Morgan fingerprint density at radius 1 is 0.533 bits per heavy atom. The summed E-state index contributed by atoms with van der Waals surface area (Å²) in [5, 5.41) is 0. The lowest BCUT2D eigenvalue weighted by atomic mass is 9.65. The minimum Gasteiger partial charge on any atom is -0.340 e. The summed E-state index contributed by atoms with van der Waals surface area (Å²) in [6.07, 6.45) is -34.9. The standard InChI is InChI=1S/C11H4F18O/c12-4(9(21,22)23,10(24,25)26)5(13,14)3(8(18,19)20)1-2-30-7(3,17)6(15,16)11(27,28)29/h1-2H2. The van der Waals surface area contributed by atoms with Gasteiger partial charge in [0, 0.05) is 0 Å². The molecule has 2 unspecified atom stereocenters. The van der Waals surface area contributed by atoms with E-state index in [1.54, 1.807) is 0 Å². The normalized spacial score (nSPS) is 28.2. The monoisotopic (exact) mass is 494 g/mol. The maximum atomic E-state index is 14.4. The van der Waals surface area contributed by atoms with Gasteiger partial charge in [-0.05, 0) is 6.42 Å². The molecule has 0 aromatic carbocycles. The first kappa shape index (κ1) is 26.7. The topological polar surface area (TPSA) is 9.23 Å². The second-order valence-corrected chi connectivity index (χ2v) is 5.90. The predicted octanol–water partition coefficient (Wildman–Crippen LogP) is 6.29. The highest BCUT2D eigenvalue weighted by atomic mass is 19.4.